The van der Waals surface area contributed by atoms with Crippen LogP contribution in [0.4, 0.5) is 0 Å². The first kappa shape index (κ1) is 22.1. The molecule has 0 spiro atoms. The largest absolute Gasteiger partial charge is 0.353 e. The van der Waals surface area contributed by atoms with Crippen LogP contribution >= 0.6 is 0 Å². The highest BCUT2D eigenvalue weighted by molar-refractivity contribution is 5.86. The Morgan fingerprint density at radius 2 is 1.65 bits per heavy atom. The number of ether oxygens (including phenoxy) is 2. The molecule has 0 saturated carbocycles. The molecule has 1 atom stereocenters. The summed E-state index contributed by atoms with van der Waals surface area (Å²) in [7, 11) is 3.41. The molecule has 0 aromatic carbocycles. The Morgan fingerprint density at radius 1 is 1.09 bits per heavy atom. The van der Waals surface area contributed by atoms with Gasteiger partial charge < -0.3 is 14.8 Å². The van der Waals surface area contributed by atoms with Crippen molar-refractivity contribution >= 4 is 5.91 Å². The molecule has 4 heteroatoms. The van der Waals surface area contributed by atoms with E-state index in [0.29, 0.717) is 12.5 Å². The summed E-state index contributed by atoms with van der Waals surface area (Å²) in [6.45, 7) is 8.38. The minimum Gasteiger partial charge on any atom is -0.353 e. The van der Waals surface area contributed by atoms with Gasteiger partial charge in [-0.1, -0.05) is 52.0 Å². The first-order valence-electron chi connectivity index (χ1n) is 9.04. The molecule has 0 aromatic rings. The molecule has 0 heterocycles. The van der Waals surface area contributed by atoms with E-state index in [4.69, 9.17) is 9.47 Å². The Bertz CT molecular complexity index is 314. The summed E-state index contributed by atoms with van der Waals surface area (Å²) in [4.78, 5) is 11.2. The standard InChI is InChI=1S/C19H37NO3/c1-6-8-9-10-11-12-14-17(19(3,22-4)23-5)15-13-16-20-18(21)7-2/h7,17H,2,6,8-16H2,1,3-5H3,(H,20,21). The molecule has 0 rings (SSSR count). The maximum atomic E-state index is 11.2. The van der Waals surface area contributed by atoms with Gasteiger partial charge in [0.2, 0.25) is 5.91 Å². The number of carbonyl (C=O) groups is 1. The van der Waals surface area contributed by atoms with Crippen LogP contribution in [0.1, 0.15) is 71.6 Å². The fourth-order valence-electron chi connectivity index (χ4n) is 2.89. The first-order valence-corrected chi connectivity index (χ1v) is 9.04. The number of rotatable bonds is 15. The number of carbonyl (C=O) groups excluding carboxylic acids is 1. The second-order valence-electron chi connectivity index (χ2n) is 6.31. The van der Waals surface area contributed by atoms with E-state index in [2.05, 4.69) is 18.8 Å². The van der Waals surface area contributed by atoms with Crippen molar-refractivity contribution in [3.63, 3.8) is 0 Å². The van der Waals surface area contributed by atoms with Crippen molar-refractivity contribution < 1.29 is 14.3 Å². The van der Waals surface area contributed by atoms with Gasteiger partial charge in [-0.05, 0) is 32.3 Å². The zero-order chi connectivity index (χ0) is 17.6. The van der Waals surface area contributed by atoms with E-state index in [1.807, 2.05) is 6.92 Å². The maximum absolute atomic E-state index is 11.2. The van der Waals surface area contributed by atoms with Crippen molar-refractivity contribution in [2.45, 2.75) is 77.4 Å². The van der Waals surface area contributed by atoms with Crippen molar-refractivity contribution in [1.82, 2.24) is 5.32 Å². The Hall–Kier alpha value is -0.870. The molecule has 0 saturated heterocycles. The summed E-state index contributed by atoms with van der Waals surface area (Å²) in [6, 6.07) is 0. The van der Waals surface area contributed by atoms with Crippen LogP contribution in [0.2, 0.25) is 0 Å². The molecular weight excluding hydrogens is 290 g/mol. The molecular formula is C19H37NO3. The fraction of sp³-hybridized carbons (Fsp3) is 0.842. The molecule has 4 nitrogen and oxygen atoms in total. The molecule has 1 N–H and O–H groups in total. The predicted molar refractivity (Wildman–Crippen MR) is 96.3 cm³/mol. The Labute approximate surface area is 143 Å². The normalized spacial score (nSPS) is 12.9. The van der Waals surface area contributed by atoms with Crippen LogP contribution in [0.25, 0.3) is 0 Å². The second-order valence-corrected chi connectivity index (χ2v) is 6.31. The smallest absolute Gasteiger partial charge is 0.243 e. The van der Waals surface area contributed by atoms with Gasteiger partial charge in [0, 0.05) is 26.7 Å². The average Bonchev–Trinajstić information content (AvgIpc) is 2.58. The van der Waals surface area contributed by atoms with Crippen molar-refractivity contribution in [3.8, 4) is 0 Å². The third-order valence-corrected chi connectivity index (χ3v) is 4.67. The highest BCUT2D eigenvalue weighted by Crippen LogP contribution is 2.31. The van der Waals surface area contributed by atoms with Crippen LogP contribution < -0.4 is 5.32 Å². The molecule has 0 aromatic heterocycles. The van der Waals surface area contributed by atoms with E-state index in [9.17, 15) is 4.79 Å². The lowest BCUT2D eigenvalue weighted by Gasteiger charge is -2.35. The summed E-state index contributed by atoms with van der Waals surface area (Å²) >= 11 is 0. The molecule has 0 radical (unpaired) electrons. The summed E-state index contributed by atoms with van der Waals surface area (Å²) in [5, 5.41) is 2.83. The Morgan fingerprint density at radius 3 is 2.22 bits per heavy atom. The van der Waals surface area contributed by atoms with Crippen molar-refractivity contribution in [1.29, 1.82) is 0 Å². The highest BCUT2D eigenvalue weighted by Gasteiger charge is 2.33. The molecule has 23 heavy (non-hydrogen) atoms. The highest BCUT2D eigenvalue weighted by atomic mass is 16.7. The minimum atomic E-state index is -0.550. The van der Waals surface area contributed by atoms with Gasteiger partial charge in [0.05, 0.1) is 0 Å². The quantitative estimate of drug-likeness (QED) is 0.275. The van der Waals surface area contributed by atoms with Gasteiger partial charge in [-0.25, -0.2) is 0 Å². The van der Waals surface area contributed by atoms with Gasteiger partial charge in [-0.2, -0.15) is 0 Å². The molecule has 1 amide bonds. The van der Waals surface area contributed by atoms with Gasteiger partial charge in [0.1, 0.15) is 0 Å². The van der Waals surface area contributed by atoms with Crippen molar-refractivity contribution in [2.24, 2.45) is 5.92 Å². The van der Waals surface area contributed by atoms with E-state index < -0.39 is 5.79 Å². The topological polar surface area (TPSA) is 47.6 Å². The number of amides is 1. The molecule has 0 bridgehead atoms. The summed E-state index contributed by atoms with van der Waals surface area (Å²) in [5.41, 5.74) is 0. The number of nitrogens with one attached hydrogen (secondary N) is 1. The third-order valence-electron chi connectivity index (χ3n) is 4.67. The zero-order valence-electron chi connectivity index (χ0n) is 15.7. The number of methoxy groups -OCH3 is 2. The lowest BCUT2D eigenvalue weighted by atomic mass is 9.88. The van der Waals surface area contributed by atoms with E-state index >= 15 is 0 Å². The van der Waals surface area contributed by atoms with Gasteiger partial charge >= 0.3 is 0 Å². The monoisotopic (exact) mass is 327 g/mol. The van der Waals surface area contributed by atoms with Crippen molar-refractivity contribution in [2.75, 3.05) is 20.8 Å². The fourth-order valence-corrected chi connectivity index (χ4v) is 2.89. The van der Waals surface area contributed by atoms with Crippen LogP contribution in [0.15, 0.2) is 12.7 Å². The lowest BCUT2D eigenvalue weighted by Crippen LogP contribution is -2.39. The maximum Gasteiger partial charge on any atom is 0.243 e. The first-order chi connectivity index (χ1) is 11.0. The van der Waals surface area contributed by atoms with Gasteiger partial charge in [-0.15, -0.1) is 0 Å². The van der Waals surface area contributed by atoms with Gasteiger partial charge in [-0.3, -0.25) is 4.79 Å². The molecule has 0 aliphatic rings. The molecule has 1 unspecified atom stereocenters. The number of hydrogen-bond donors (Lipinski definition) is 1. The minimum absolute atomic E-state index is 0.112. The summed E-state index contributed by atoms with van der Waals surface area (Å²) in [5.74, 6) is -0.325. The van der Waals surface area contributed by atoms with Gasteiger partial charge in [0.15, 0.2) is 5.79 Å². The van der Waals surface area contributed by atoms with Crippen LogP contribution in [-0.4, -0.2) is 32.5 Å². The van der Waals surface area contributed by atoms with Crippen molar-refractivity contribution in [3.05, 3.63) is 12.7 Å². The van der Waals surface area contributed by atoms with Gasteiger partial charge in [0.25, 0.3) is 0 Å². The SMILES string of the molecule is C=CC(=O)NCCCC(CCCCCCCC)C(C)(OC)OC. The molecule has 0 aliphatic carbocycles. The molecule has 0 aliphatic heterocycles. The van der Waals surface area contributed by atoms with E-state index in [1.54, 1.807) is 14.2 Å². The van der Waals surface area contributed by atoms with Crippen LogP contribution in [0.5, 0.6) is 0 Å². The van der Waals surface area contributed by atoms with Crippen LogP contribution in [0, 0.1) is 5.92 Å². The predicted octanol–water partition coefficient (Wildman–Crippen LogP) is 4.44. The molecule has 0 fully saturated rings. The van der Waals surface area contributed by atoms with E-state index in [1.165, 1.54) is 44.6 Å². The van der Waals surface area contributed by atoms with E-state index in [0.717, 1.165) is 19.3 Å². The number of hydrogen-bond acceptors (Lipinski definition) is 3. The van der Waals surface area contributed by atoms with Crippen LogP contribution in [-0.2, 0) is 14.3 Å². The lowest BCUT2D eigenvalue weighted by molar-refractivity contribution is -0.230. The number of unbranched alkanes of at least 4 members (excludes halogenated alkanes) is 5. The third kappa shape index (κ3) is 9.77. The van der Waals surface area contributed by atoms with Crippen LogP contribution in [0.3, 0.4) is 0 Å². The Balaban J connectivity index is 4.24. The second kappa shape index (κ2) is 13.6. The van der Waals surface area contributed by atoms with E-state index in [-0.39, 0.29) is 5.91 Å². The molecule has 136 valence electrons. The summed E-state index contributed by atoms with van der Waals surface area (Å²) < 4.78 is 11.2. The zero-order valence-corrected chi connectivity index (χ0v) is 15.7. The summed E-state index contributed by atoms with van der Waals surface area (Å²) in [6.07, 6.45) is 12.0. The average molecular weight is 328 g/mol. The Kier molecular flexibility index (Phi) is 13.0.